The van der Waals surface area contributed by atoms with Gasteiger partial charge in [-0.15, -0.1) is 11.3 Å². The lowest BCUT2D eigenvalue weighted by atomic mass is 10.2. The topological polar surface area (TPSA) is 97.8 Å². The Labute approximate surface area is 197 Å². The van der Waals surface area contributed by atoms with Crippen molar-refractivity contribution >= 4 is 39.9 Å². The van der Waals surface area contributed by atoms with Gasteiger partial charge < -0.3 is 14.4 Å². The van der Waals surface area contributed by atoms with E-state index >= 15 is 0 Å². The Morgan fingerprint density at radius 1 is 1.24 bits per heavy atom. The van der Waals surface area contributed by atoms with Gasteiger partial charge in [0.2, 0.25) is 0 Å². The lowest BCUT2D eigenvalue weighted by Crippen LogP contribution is -2.40. The van der Waals surface area contributed by atoms with Gasteiger partial charge >= 0.3 is 5.97 Å². The van der Waals surface area contributed by atoms with E-state index in [2.05, 4.69) is 10.3 Å². The highest BCUT2D eigenvalue weighted by Gasteiger charge is 2.26. The van der Waals surface area contributed by atoms with E-state index < -0.39 is 29.6 Å². The molecule has 0 fully saturated rings. The largest absolute Gasteiger partial charge is 0.482 e. The van der Waals surface area contributed by atoms with E-state index in [4.69, 9.17) is 9.47 Å². The number of nitrogens with one attached hydrogen (secondary N) is 1. The number of carbonyl (C=O) groups is 3. The van der Waals surface area contributed by atoms with Crippen molar-refractivity contribution in [3.8, 4) is 17.0 Å². The van der Waals surface area contributed by atoms with Crippen LogP contribution in [0.3, 0.4) is 0 Å². The molecule has 0 spiro atoms. The first-order valence-electron chi connectivity index (χ1n) is 10.3. The number of carbonyl (C=O) groups excluding carboxylic acids is 3. The van der Waals surface area contributed by atoms with Gasteiger partial charge in [-0.3, -0.25) is 19.7 Å². The van der Waals surface area contributed by atoms with Crippen LogP contribution in [0, 0.1) is 11.6 Å². The standard InChI is InChI=1S/C23H19F2N3O5S/c1-13(22(31)27-23-26-17(12-34-23)14-6-7-15(24)16(25)10-14)33-21(30)8-9-28-18-4-2-3-5-19(18)32-11-20(28)29/h2-7,10,12-13H,8-9,11H2,1H3,(H,26,27,31)/t13-/m0/s1. The highest BCUT2D eigenvalue weighted by molar-refractivity contribution is 7.14. The molecule has 0 aliphatic carbocycles. The second kappa shape index (κ2) is 9.96. The minimum Gasteiger partial charge on any atom is -0.482 e. The molecular formula is C23H19F2N3O5S. The normalized spacial score (nSPS) is 13.6. The Kier molecular flexibility index (Phi) is 6.82. The molecule has 1 atom stereocenters. The second-order valence-corrected chi connectivity index (χ2v) is 8.20. The number of anilines is 2. The smallest absolute Gasteiger partial charge is 0.308 e. The number of ether oxygens (including phenoxy) is 2. The van der Waals surface area contributed by atoms with Gasteiger partial charge in [0.25, 0.3) is 11.8 Å². The number of thiazole rings is 1. The van der Waals surface area contributed by atoms with E-state index in [1.165, 1.54) is 17.9 Å². The number of fused-ring (bicyclic) bond motifs is 1. The summed E-state index contributed by atoms with van der Waals surface area (Å²) in [5.74, 6) is -2.95. The second-order valence-electron chi connectivity index (χ2n) is 7.34. The number of esters is 1. The molecule has 1 aliphatic rings. The number of nitrogens with zero attached hydrogens (tertiary/aromatic N) is 2. The van der Waals surface area contributed by atoms with Crippen molar-refractivity contribution in [2.75, 3.05) is 23.4 Å². The van der Waals surface area contributed by atoms with Crippen molar-refractivity contribution in [3.05, 3.63) is 59.5 Å². The van der Waals surface area contributed by atoms with E-state index in [-0.39, 0.29) is 30.6 Å². The van der Waals surface area contributed by atoms with Crippen LogP contribution < -0.4 is 15.0 Å². The molecule has 176 valence electrons. The van der Waals surface area contributed by atoms with Crippen LogP contribution in [0.1, 0.15) is 13.3 Å². The van der Waals surface area contributed by atoms with Crippen LogP contribution in [0.5, 0.6) is 5.75 Å². The molecule has 2 heterocycles. The average Bonchev–Trinajstić information content (AvgIpc) is 3.28. The molecule has 0 saturated carbocycles. The van der Waals surface area contributed by atoms with Crippen molar-refractivity contribution in [1.82, 2.24) is 4.98 Å². The van der Waals surface area contributed by atoms with Gasteiger partial charge in [-0.2, -0.15) is 0 Å². The van der Waals surface area contributed by atoms with Crippen LogP contribution in [0.15, 0.2) is 47.8 Å². The summed E-state index contributed by atoms with van der Waals surface area (Å²) in [7, 11) is 0. The van der Waals surface area contributed by atoms with Crippen molar-refractivity contribution in [2.45, 2.75) is 19.4 Å². The predicted molar refractivity (Wildman–Crippen MR) is 121 cm³/mol. The van der Waals surface area contributed by atoms with Crippen LogP contribution >= 0.6 is 11.3 Å². The fourth-order valence-electron chi connectivity index (χ4n) is 3.24. The van der Waals surface area contributed by atoms with Crippen molar-refractivity contribution in [1.29, 1.82) is 0 Å². The molecule has 34 heavy (non-hydrogen) atoms. The summed E-state index contributed by atoms with van der Waals surface area (Å²) in [6, 6.07) is 10.4. The average molecular weight is 487 g/mol. The summed E-state index contributed by atoms with van der Waals surface area (Å²) in [4.78, 5) is 42.5. The van der Waals surface area contributed by atoms with Crippen molar-refractivity contribution in [2.24, 2.45) is 0 Å². The first-order valence-corrected chi connectivity index (χ1v) is 11.1. The van der Waals surface area contributed by atoms with Gasteiger partial charge in [0.05, 0.1) is 17.8 Å². The molecule has 1 aromatic heterocycles. The summed E-state index contributed by atoms with van der Waals surface area (Å²) < 4.78 is 37.1. The number of benzene rings is 2. The van der Waals surface area contributed by atoms with E-state index in [1.54, 1.807) is 29.6 Å². The Morgan fingerprint density at radius 2 is 2.03 bits per heavy atom. The molecule has 4 rings (SSSR count). The molecule has 0 radical (unpaired) electrons. The van der Waals surface area contributed by atoms with Crippen LogP contribution in [-0.2, 0) is 19.1 Å². The maximum Gasteiger partial charge on any atom is 0.308 e. The number of hydrogen-bond donors (Lipinski definition) is 1. The third kappa shape index (κ3) is 5.20. The van der Waals surface area contributed by atoms with Crippen LogP contribution in [0.2, 0.25) is 0 Å². The maximum atomic E-state index is 13.4. The van der Waals surface area contributed by atoms with Crippen LogP contribution in [-0.4, -0.2) is 42.0 Å². The van der Waals surface area contributed by atoms with E-state index in [9.17, 15) is 23.2 Å². The minimum atomic E-state index is -1.12. The molecule has 11 heteroatoms. The Hall–Kier alpha value is -3.86. The van der Waals surface area contributed by atoms with Crippen molar-refractivity contribution in [3.63, 3.8) is 0 Å². The van der Waals surface area contributed by atoms with Gasteiger partial charge in [0.1, 0.15) is 5.75 Å². The lowest BCUT2D eigenvalue weighted by Gasteiger charge is -2.29. The minimum absolute atomic E-state index is 0.0798. The number of amides is 2. The Morgan fingerprint density at radius 3 is 2.82 bits per heavy atom. The molecule has 0 saturated heterocycles. The lowest BCUT2D eigenvalue weighted by molar-refractivity contribution is -0.153. The first-order chi connectivity index (χ1) is 16.3. The molecule has 2 aromatic carbocycles. The van der Waals surface area contributed by atoms with Crippen LogP contribution in [0.25, 0.3) is 11.3 Å². The zero-order valence-electron chi connectivity index (χ0n) is 17.9. The molecular weight excluding hydrogens is 468 g/mol. The summed E-state index contributed by atoms with van der Waals surface area (Å²) >= 11 is 1.09. The highest BCUT2D eigenvalue weighted by atomic mass is 32.1. The third-order valence-electron chi connectivity index (χ3n) is 4.97. The van der Waals surface area contributed by atoms with Gasteiger partial charge in [-0.05, 0) is 37.3 Å². The Balaban J connectivity index is 1.30. The molecule has 0 bridgehead atoms. The molecule has 1 aliphatic heterocycles. The van der Waals surface area contributed by atoms with Gasteiger partial charge in [-0.1, -0.05) is 12.1 Å². The highest BCUT2D eigenvalue weighted by Crippen LogP contribution is 2.31. The zero-order chi connectivity index (χ0) is 24.2. The molecule has 1 N–H and O–H groups in total. The zero-order valence-corrected chi connectivity index (χ0v) is 18.7. The monoisotopic (exact) mass is 487 g/mol. The molecule has 2 amide bonds. The summed E-state index contributed by atoms with van der Waals surface area (Å²) in [6.07, 6.45) is -1.23. The molecule has 0 unspecified atom stereocenters. The quantitative estimate of drug-likeness (QED) is 0.510. The van der Waals surface area contributed by atoms with Gasteiger partial charge in [0.15, 0.2) is 29.5 Å². The van der Waals surface area contributed by atoms with Gasteiger partial charge in [-0.25, -0.2) is 13.8 Å². The van der Waals surface area contributed by atoms with Crippen LogP contribution in [0.4, 0.5) is 19.6 Å². The SMILES string of the molecule is C[C@H](OC(=O)CCN1C(=O)COc2ccccc21)C(=O)Nc1nc(-c2ccc(F)c(F)c2)cs1. The van der Waals surface area contributed by atoms with E-state index in [1.807, 2.05) is 0 Å². The first kappa shape index (κ1) is 23.3. The van der Waals surface area contributed by atoms with E-state index in [0.717, 1.165) is 23.5 Å². The number of aromatic nitrogens is 1. The number of hydrogen-bond acceptors (Lipinski definition) is 7. The Bertz CT molecular complexity index is 1250. The fourth-order valence-corrected chi connectivity index (χ4v) is 3.96. The fraction of sp³-hybridized carbons (Fsp3) is 0.217. The van der Waals surface area contributed by atoms with Crippen molar-refractivity contribution < 1.29 is 32.6 Å². The van der Waals surface area contributed by atoms with E-state index in [0.29, 0.717) is 22.7 Å². The number of rotatable bonds is 7. The molecule has 8 nitrogen and oxygen atoms in total. The molecule has 3 aromatic rings. The summed E-state index contributed by atoms with van der Waals surface area (Å²) in [5.41, 5.74) is 1.28. The predicted octanol–water partition coefficient (Wildman–Crippen LogP) is 3.77. The number of halogens is 2. The summed E-state index contributed by atoms with van der Waals surface area (Å²) in [6.45, 7) is 1.37. The maximum absolute atomic E-state index is 13.4. The van der Waals surface area contributed by atoms with Gasteiger partial charge in [0, 0.05) is 17.5 Å². The summed E-state index contributed by atoms with van der Waals surface area (Å²) in [5, 5.41) is 4.32. The number of para-hydroxylation sites is 2. The third-order valence-corrected chi connectivity index (χ3v) is 5.73.